The number of aromatic amines is 1. The van der Waals surface area contributed by atoms with Gasteiger partial charge in [0.05, 0.1) is 29.2 Å². The van der Waals surface area contributed by atoms with E-state index in [0.717, 1.165) is 23.1 Å². The zero-order chi connectivity index (χ0) is 24.9. The molecule has 0 aliphatic heterocycles. The van der Waals surface area contributed by atoms with E-state index in [9.17, 15) is 22.4 Å². The predicted molar refractivity (Wildman–Crippen MR) is 123 cm³/mol. The van der Waals surface area contributed by atoms with Crippen molar-refractivity contribution in [2.45, 2.75) is 39.3 Å². The minimum atomic E-state index is -4.29. The van der Waals surface area contributed by atoms with Crippen molar-refractivity contribution in [1.29, 1.82) is 0 Å². The number of nitrogens with one attached hydrogen (secondary N) is 1. The maximum atomic E-state index is 13.8. The van der Waals surface area contributed by atoms with Crippen LogP contribution in [0, 0.1) is 18.7 Å². The summed E-state index contributed by atoms with van der Waals surface area (Å²) in [7, 11) is 1.75. The van der Waals surface area contributed by atoms with Crippen LogP contribution in [0.25, 0.3) is 11.4 Å². The number of anilines is 2. The summed E-state index contributed by atoms with van der Waals surface area (Å²) >= 11 is 0. The van der Waals surface area contributed by atoms with Crippen molar-refractivity contribution in [3.63, 3.8) is 0 Å². The lowest BCUT2D eigenvalue weighted by molar-refractivity contribution is -0.162. The fourth-order valence-corrected chi connectivity index (χ4v) is 3.74. The maximum Gasteiger partial charge on any atom is 0.395 e. The van der Waals surface area contributed by atoms with Crippen LogP contribution in [0.2, 0.25) is 0 Å². The van der Waals surface area contributed by atoms with Gasteiger partial charge >= 0.3 is 6.18 Å². The number of benzene rings is 1. The summed E-state index contributed by atoms with van der Waals surface area (Å²) in [6.07, 6.45) is 0.282. The average molecular weight is 475 g/mol. The van der Waals surface area contributed by atoms with Crippen LogP contribution < -0.4 is 4.90 Å². The van der Waals surface area contributed by atoms with E-state index in [-0.39, 0.29) is 19.3 Å². The Balaban J connectivity index is 1.78. The number of H-pyrrole nitrogens is 1. The fourth-order valence-electron chi connectivity index (χ4n) is 3.74. The number of hydrogen-bond acceptors (Lipinski definition) is 4. The molecular formula is C25H26F4N4O. The third-order valence-electron chi connectivity index (χ3n) is 5.60. The number of halogens is 4. The van der Waals surface area contributed by atoms with Crippen LogP contribution in [0.4, 0.5) is 28.9 Å². The maximum absolute atomic E-state index is 13.8. The smallest absolute Gasteiger partial charge is 0.343 e. The number of aldehydes is 1. The van der Waals surface area contributed by atoms with E-state index >= 15 is 0 Å². The largest absolute Gasteiger partial charge is 0.395 e. The monoisotopic (exact) mass is 474 g/mol. The SMILES string of the molecule is C/C=C\C(CCc1nc(-c2ccc(N(C)c3cc(F)cnc3CC=O)cc2)[nH]c1C)C(F)(F)F. The molecule has 1 N–H and O–H groups in total. The van der Waals surface area contributed by atoms with E-state index in [1.165, 1.54) is 18.2 Å². The number of imidazole rings is 1. The first kappa shape index (κ1) is 25.1. The molecule has 1 atom stereocenters. The molecule has 3 rings (SSSR count). The van der Waals surface area contributed by atoms with Crippen LogP contribution in [0.3, 0.4) is 0 Å². The van der Waals surface area contributed by atoms with Gasteiger partial charge in [-0.3, -0.25) is 4.98 Å². The average Bonchev–Trinajstić information content (AvgIpc) is 3.17. The Bertz CT molecular complexity index is 1150. The van der Waals surface area contributed by atoms with Crippen LogP contribution in [-0.2, 0) is 17.6 Å². The second-order valence-electron chi connectivity index (χ2n) is 7.97. The molecule has 9 heteroatoms. The number of aryl methyl sites for hydroxylation is 2. The molecule has 0 spiro atoms. The lowest BCUT2D eigenvalue weighted by Crippen LogP contribution is -2.21. The van der Waals surface area contributed by atoms with Crippen molar-refractivity contribution in [1.82, 2.24) is 15.0 Å². The van der Waals surface area contributed by atoms with Crippen LogP contribution >= 0.6 is 0 Å². The standard InChI is InChI=1S/C25H26F4N4O/c1-4-5-18(25(27,28)29)8-11-21-16(2)31-24(32-21)17-6-9-20(10-7-17)33(3)23-14-19(26)15-30-22(23)12-13-34/h4-7,9-10,13-15,18H,8,11-12H2,1-3H3,(H,31,32)/b5-4-. The van der Waals surface area contributed by atoms with Crippen molar-refractivity contribution in [2.75, 3.05) is 11.9 Å². The molecule has 0 radical (unpaired) electrons. The van der Waals surface area contributed by atoms with Gasteiger partial charge in [-0.15, -0.1) is 0 Å². The lowest BCUT2D eigenvalue weighted by atomic mass is 10.0. The Morgan fingerprint density at radius 3 is 2.50 bits per heavy atom. The van der Waals surface area contributed by atoms with Crippen molar-refractivity contribution in [2.24, 2.45) is 5.92 Å². The lowest BCUT2D eigenvalue weighted by Gasteiger charge is -2.21. The van der Waals surface area contributed by atoms with E-state index in [1.54, 1.807) is 25.8 Å². The molecule has 1 unspecified atom stereocenters. The Morgan fingerprint density at radius 1 is 1.18 bits per heavy atom. The first-order chi connectivity index (χ1) is 16.1. The number of allylic oxidation sites excluding steroid dienone is 2. The van der Waals surface area contributed by atoms with E-state index in [2.05, 4.69) is 15.0 Å². The summed E-state index contributed by atoms with van der Waals surface area (Å²) in [4.78, 5) is 24.4. The molecule has 0 aliphatic carbocycles. The summed E-state index contributed by atoms with van der Waals surface area (Å²) in [5, 5.41) is 0. The summed E-state index contributed by atoms with van der Waals surface area (Å²) in [6.45, 7) is 3.36. The second kappa shape index (κ2) is 10.6. The van der Waals surface area contributed by atoms with Crippen molar-refractivity contribution in [3.05, 3.63) is 71.6 Å². The quantitative estimate of drug-likeness (QED) is 0.231. The van der Waals surface area contributed by atoms with Gasteiger partial charge in [0, 0.05) is 36.5 Å². The Kier molecular flexibility index (Phi) is 7.86. The van der Waals surface area contributed by atoms with Crippen LogP contribution in [-0.4, -0.2) is 34.5 Å². The molecule has 0 amide bonds. The minimum absolute atomic E-state index is 0.0652. The van der Waals surface area contributed by atoms with Crippen molar-refractivity contribution in [3.8, 4) is 11.4 Å². The van der Waals surface area contributed by atoms with Gasteiger partial charge < -0.3 is 14.7 Å². The summed E-state index contributed by atoms with van der Waals surface area (Å²) in [5.74, 6) is -1.45. The third kappa shape index (κ3) is 5.89. The predicted octanol–water partition coefficient (Wildman–Crippen LogP) is 6.12. The van der Waals surface area contributed by atoms with Crippen LogP contribution in [0.5, 0.6) is 0 Å². The molecule has 180 valence electrons. The van der Waals surface area contributed by atoms with Crippen LogP contribution in [0.1, 0.15) is 30.4 Å². The van der Waals surface area contributed by atoms with Gasteiger partial charge in [0.2, 0.25) is 0 Å². The minimum Gasteiger partial charge on any atom is -0.343 e. The summed E-state index contributed by atoms with van der Waals surface area (Å²) in [5.41, 5.74) is 3.77. The van der Waals surface area contributed by atoms with E-state index in [1.807, 2.05) is 24.3 Å². The number of alkyl halides is 3. The third-order valence-corrected chi connectivity index (χ3v) is 5.60. The zero-order valence-corrected chi connectivity index (χ0v) is 19.2. The number of carbonyl (C=O) groups is 1. The number of nitrogens with zero attached hydrogens (tertiary/aromatic N) is 3. The van der Waals surface area contributed by atoms with Gasteiger partial charge in [-0.2, -0.15) is 13.2 Å². The molecule has 5 nitrogen and oxygen atoms in total. The van der Waals surface area contributed by atoms with Gasteiger partial charge in [-0.05, 0) is 51.0 Å². The number of pyridine rings is 1. The molecule has 0 saturated carbocycles. The van der Waals surface area contributed by atoms with Gasteiger partial charge in [0.25, 0.3) is 0 Å². The molecule has 2 aromatic heterocycles. The highest BCUT2D eigenvalue weighted by atomic mass is 19.4. The normalized spacial score (nSPS) is 12.8. The van der Waals surface area contributed by atoms with Crippen molar-refractivity contribution >= 4 is 17.7 Å². The number of hydrogen-bond donors (Lipinski definition) is 1. The number of carbonyl (C=O) groups excluding carboxylic acids is 1. The molecule has 0 bridgehead atoms. The highest BCUT2D eigenvalue weighted by Gasteiger charge is 2.37. The molecule has 0 saturated heterocycles. The topological polar surface area (TPSA) is 61.9 Å². The molecule has 2 heterocycles. The Labute approximate surface area is 195 Å². The first-order valence-electron chi connectivity index (χ1n) is 10.8. The highest BCUT2D eigenvalue weighted by Crippen LogP contribution is 2.32. The zero-order valence-electron chi connectivity index (χ0n) is 19.2. The van der Waals surface area contributed by atoms with Crippen molar-refractivity contribution < 1.29 is 22.4 Å². The molecule has 1 aromatic carbocycles. The van der Waals surface area contributed by atoms with Gasteiger partial charge in [-0.1, -0.05) is 12.2 Å². The molecule has 0 fully saturated rings. The van der Waals surface area contributed by atoms with E-state index < -0.39 is 17.9 Å². The Morgan fingerprint density at radius 2 is 1.88 bits per heavy atom. The molecule has 0 aliphatic rings. The summed E-state index contributed by atoms with van der Waals surface area (Å²) < 4.78 is 53.3. The number of rotatable bonds is 9. The van der Waals surface area contributed by atoms with E-state index in [4.69, 9.17) is 0 Å². The summed E-state index contributed by atoms with van der Waals surface area (Å²) in [6, 6.07) is 8.59. The molecular weight excluding hydrogens is 448 g/mol. The first-order valence-corrected chi connectivity index (χ1v) is 10.8. The fraction of sp³-hybridized carbons (Fsp3) is 0.320. The second-order valence-corrected chi connectivity index (χ2v) is 7.97. The van der Waals surface area contributed by atoms with Gasteiger partial charge in [0.15, 0.2) is 0 Å². The van der Waals surface area contributed by atoms with E-state index in [0.29, 0.717) is 29.2 Å². The molecule has 3 aromatic rings. The number of aromatic nitrogens is 3. The van der Waals surface area contributed by atoms with Crippen LogP contribution in [0.15, 0.2) is 48.7 Å². The molecule has 34 heavy (non-hydrogen) atoms. The van der Waals surface area contributed by atoms with Gasteiger partial charge in [-0.25, -0.2) is 9.37 Å². The highest BCUT2D eigenvalue weighted by molar-refractivity contribution is 5.70. The van der Waals surface area contributed by atoms with Gasteiger partial charge in [0.1, 0.15) is 17.9 Å². The Hall–Kier alpha value is -3.49.